The number of ether oxygens (including phenoxy) is 3. The van der Waals surface area contributed by atoms with Crippen molar-refractivity contribution in [1.82, 2.24) is 14.5 Å². The lowest BCUT2D eigenvalue weighted by atomic mass is 9.97. The fraction of sp³-hybridized carbons (Fsp3) is 0.355. The first-order valence-corrected chi connectivity index (χ1v) is 14.3. The van der Waals surface area contributed by atoms with Gasteiger partial charge in [0.15, 0.2) is 0 Å². The number of fused-ring (bicyclic) bond motifs is 1. The van der Waals surface area contributed by atoms with Crippen molar-refractivity contribution < 1.29 is 19.0 Å². The third-order valence-corrected chi connectivity index (χ3v) is 8.31. The van der Waals surface area contributed by atoms with Gasteiger partial charge in [-0.1, -0.05) is 47.5 Å². The van der Waals surface area contributed by atoms with Crippen molar-refractivity contribution >= 4 is 40.2 Å². The van der Waals surface area contributed by atoms with E-state index in [2.05, 4.69) is 33.7 Å². The molecule has 2 aliphatic rings. The minimum absolute atomic E-state index is 0.178. The van der Waals surface area contributed by atoms with Crippen molar-refractivity contribution in [2.45, 2.75) is 44.6 Å². The molecule has 40 heavy (non-hydrogen) atoms. The lowest BCUT2D eigenvalue weighted by Gasteiger charge is -2.28. The number of imidazole rings is 1. The second-order valence-corrected chi connectivity index (χ2v) is 11.3. The molecule has 3 aromatic carbocycles. The molecule has 0 amide bonds. The maximum atomic E-state index is 12.2. The number of rotatable bonds is 9. The molecule has 0 aliphatic carbocycles. The Morgan fingerprint density at radius 1 is 1.10 bits per heavy atom. The highest BCUT2D eigenvalue weighted by molar-refractivity contribution is 6.35. The minimum atomic E-state index is -0.345. The van der Waals surface area contributed by atoms with Gasteiger partial charge in [-0.2, -0.15) is 0 Å². The highest BCUT2D eigenvalue weighted by Crippen LogP contribution is 2.31. The van der Waals surface area contributed by atoms with Crippen molar-refractivity contribution in [2.75, 3.05) is 26.8 Å². The Balaban J connectivity index is 1.15. The quantitative estimate of drug-likeness (QED) is 0.211. The largest absolute Gasteiger partial charge is 0.487 e. The Morgan fingerprint density at radius 3 is 2.75 bits per heavy atom. The van der Waals surface area contributed by atoms with Gasteiger partial charge in [-0.25, -0.2) is 9.78 Å². The van der Waals surface area contributed by atoms with E-state index in [0.29, 0.717) is 33.9 Å². The zero-order chi connectivity index (χ0) is 27.6. The zero-order valence-corrected chi connectivity index (χ0v) is 23.8. The summed E-state index contributed by atoms with van der Waals surface area (Å²) >= 11 is 12.3. The molecule has 3 heterocycles. The topological polar surface area (TPSA) is 65.8 Å². The fourth-order valence-corrected chi connectivity index (χ4v) is 5.98. The summed E-state index contributed by atoms with van der Waals surface area (Å²) in [4.78, 5) is 19.6. The van der Waals surface area contributed by atoms with Gasteiger partial charge in [0.05, 0.1) is 47.9 Å². The van der Waals surface area contributed by atoms with E-state index in [1.165, 1.54) is 12.7 Å². The van der Waals surface area contributed by atoms with E-state index in [1.807, 2.05) is 12.1 Å². The van der Waals surface area contributed by atoms with Gasteiger partial charge in [0, 0.05) is 18.2 Å². The molecule has 0 spiro atoms. The third-order valence-electron chi connectivity index (χ3n) is 7.78. The molecule has 2 aliphatic heterocycles. The summed E-state index contributed by atoms with van der Waals surface area (Å²) in [5.41, 5.74) is 4.76. The van der Waals surface area contributed by atoms with Crippen molar-refractivity contribution in [2.24, 2.45) is 0 Å². The van der Waals surface area contributed by atoms with E-state index >= 15 is 0 Å². The summed E-state index contributed by atoms with van der Waals surface area (Å²) in [5.74, 6) is 1.70. The highest BCUT2D eigenvalue weighted by Gasteiger charge is 2.27. The molecule has 9 heteroatoms. The Morgan fingerprint density at radius 2 is 1.98 bits per heavy atom. The maximum Gasteiger partial charge on any atom is 0.337 e. The number of carbonyl (C=O) groups is 1. The predicted octanol–water partition coefficient (Wildman–Crippen LogP) is 6.49. The summed E-state index contributed by atoms with van der Waals surface area (Å²) in [6.45, 7) is 4.64. The Kier molecular flexibility index (Phi) is 7.98. The van der Waals surface area contributed by atoms with Crippen LogP contribution in [0, 0.1) is 0 Å². The summed E-state index contributed by atoms with van der Waals surface area (Å²) in [6, 6.07) is 19.4. The maximum absolute atomic E-state index is 12.2. The minimum Gasteiger partial charge on any atom is -0.487 e. The summed E-state index contributed by atoms with van der Waals surface area (Å²) in [5, 5.41) is 1.09. The number of hydrogen-bond acceptors (Lipinski definition) is 6. The number of methoxy groups -OCH3 is 1. The number of nitrogens with zero attached hydrogens (tertiary/aromatic N) is 3. The van der Waals surface area contributed by atoms with Crippen molar-refractivity contribution in [3.63, 3.8) is 0 Å². The average Bonchev–Trinajstić information content (AvgIpc) is 3.54. The standard InChI is InChI=1S/C31H31Cl2N3O4/c1-38-31(37)22-5-7-27-28(14-22)36(17-25-10-12-39-25)30(34-27)18-35-11-9-23(16-35)21-4-2-3-20(13-21)19-40-29-8-6-24(32)15-26(29)33/h2-8,13-15,23,25H,9-12,16-19H2,1H3. The van der Waals surface area contributed by atoms with Crippen LogP contribution in [0.2, 0.25) is 10.0 Å². The van der Waals surface area contributed by atoms with Crippen molar-refractivity contribution in [3.8, 4) is 5.75 Å². The number of likely N-dealkylation sites (tertiary alicyclic amines) is 1. The van der Waals surface area contributed by atoms with E-state index in [-0.39, 0.29) is 12.1 Å². The van der Waals surface area contributed by atoms with Crippen molar-refractivity contribution in [1.29, 1.82) is 0 Å². The van der Waals surface area contributed by atoms with E-state index in [0.717, 1.165) is 68.0 Å². The van der Waals surface area contributed by atoms with Crippen LogP contribution < -0.4 is 4.74 Å². The van der Waals surface area contributed by atoms with E-state index in [1.54, 1.807) is 24.3 Å². The van der Waals surface area contributed by atoms with Crippen LogP contribution in [0.4, 0.5) is 0 Å². The summed E-state index contributed by atoms with van der Waals surface area (Å²) < 4.78 is 18.9. The molecular formula is C31H31Cl2N3O4. The molecule has 6 rings (SSSR count). The van der Waals surface area contributed by atoms with Crippen LogP contribution in [-0.4, -0.2) is 53.3 Å². The fourth-order valence-electron chi connectivity index (χ4n) is 5.51. The van der Waals surface area contributed by atoms with Crippen LogP contribution in [0.5, 0.6) is 5.75 Å². The van der Waals surface area contributed by atoms with Crippen LogP contribution in [0.3, 0.4) is 0 Å². The molecule has 4 aromatic rings. The predicted molar refractivity (Wildman–Crippen MR) is 155 cm³/mol. The van der Waals surface area contributed by atoms with Crippen LogP contribution in [0.25, 0.3) is 11.0 Å². The molecular weight excluding hydrogens is 549 g/mol. The molecule has 0 saturated carbocycles. The van der Waals surface area contributed by atoms with Gasteiger partial charge in [0.1, 0.15) is 18.2 Å². The molecule has 0 N–H and O–H groups in total. The molecule has 208 valence electrons. The molecule has 0 bridgehead atoms. The van der Waals surface area contributed by atoms with E-state index < -0.39 is 0 Å². The normalized spacial score (nSPS) is 19.1. The van der Waals surface area contributed by atoms with Gasteiger partial charge >= 0.3 is 5.97 Å². The van der Waals surface area contributed by atoms with Gasteiger partial charge in [0.2, 0.25) is 0 Å². The van der Waals surface area contributed by atoms with Crippen LogP contribution >= 0.6 is 23.2 Å². The summed E-state index contributed by atoms with van der Waals surface area (Å²) in [6.07, 6.45) is 2.29. The first-order chi connectivity index (χ1) is 19.5. The van der Waals surface area contributed by atoms with Gasteiger partial charge in [-0.15, -0.1) is 0 Å². The number of aromatic nitrogens is 2. The van der Waals surface area contributed by atoms with Crippen LogP contribution in [0.15, 0.2) is 60.7 Å². The average molecular weight is 581 g/mol. The second kappa shape index (κ2) is 11.8. The Bertz CT molecular complexity index is 1530. The van der Waals surface area contributed by atoms with Crippen molar-refractivity contribution in [3.05, 3.63) is 93.2 Å². The molecule has 1 aromatic heterocycles. The smallest absolute Gasteiger partial charge is 0.337 e. The number of hydrogen-bond donors (Lipinski definition) is 0. The van der Waals surface area contributed by atoms with E-state index in [9.17, 15) is 4.79 Å². The molecule has 2 unspecified atom stereocenters. The lowest BCUT2D eigenvalue weighted by molar-refractivity contribution is -0.0591. The second-order valence-electron chi connectivity index (χ2n) is 10.4. The number of carbonyl (C=O) groups excluding carboxylic acids is 1. The molecule has 7 nitrogen and oxygen atoms in total. The monoisotopic (exact) mass is 579 g/mol. The molecule has 2 atom stereocenters. The van der Waals surface area contributed by atoms with Gasteiger partial charge in [-0.05, 0) is 72.8 Å². The summed E-state index contributed by atoms with van der Waals surface area (Å²) in [7, 11) is 1.40. The Labute approximate surface area is 243 Å². The highest BCUT2D eigenvalue weighted by atomic mass is 35.5. The van der Waals surface area contributed by atoms with E-state index in [4.69, 9.17) is 42.4 Å². The Hall–Kier alpha value is -3.10. The molecule has 0 radical (unpaired) electrons. The number of halogens is 2. The SMILES string of the molecule is COC(=O)c1ccc2nc(CN3CCC(c4cccc(COc5ccc(Cl)cc5Cl)c4)C3)n(CC3CCO3)c2c1. The first kappa shape index (κ1) is 27.1. The third kappa shape index (κ3) is 5.84. The molecule has 2 saturated heterocycles. The van der Waals surface area contributed by atoms with Crippen LogP contribution in [-0.2, 0) is 29.2 Å². The van der Waals surface area contributed by atoms with Gasteiger partial charge in [-0.3, -0.25) is 4.90 Å². The number of benzene rings is 3. The zero-order valence-electron chi connectivity index (χ0n) is 22.3. The lowest BCUT2D eigenvalue weighted by Crippen LogP contribution is -2.32. The van der Waals surface area contributed by atoms with Gasteiger partial charge < -0.3 is 18.8 Å². The van der Waals surface area contributed by atoms with Crippen LogP contribution in [0.1, 0.15) is 46.1 Å². The number of esters is 1. The van der Waals surface area contributed by atoms with Gasteiger partial charge in [0.25, 0.3) is 0 Å². The molecule has 2 fully saturated rings. The first-order valence-electron chi connectivity index (χ1n) is 13.5.